The van der Waals surface area contributed by atoms with Crippen molar-refractivity contribution >= 4 is 11.7 Å². The molecule has 1 atom stereocenters. The van der Waals surface area contributed by atoms with E-state index in [2.05, 4.69) is 12.2 Å². The number of rotatable bonds is 8. The summed E-state index contributed by atoms with van der Waals surface area (Å²) < 4.78 is 0. The highest BCUT2D eigenvalue weighted by Crippen LogP contribution is 2.19. The van der Waals surface area contributed by atoms with Crippen molar-refractivity contribution in [2.45, 2.75) is 33.1 Å². The van der Waals surface area contributed by atoms with Gasteiger partial charge >= 0.3 is 5.97 Å². The Balaban J connectivity index is 2.73. The predicted octanol–water partition coefficient (Wildman–Crippen LogP) is 2.90. The van der Waals surface area contributed by atoms with Crippen LogP contribution in [0.4, 0.5) is 5.69 Å². The second-order valence-corrected chi connectivity index (χ2v) is 4.90. The van der Waals surface area contributed by atoms with Crippen molar-refractivity contribution in [3.63, 3.8) is 0 Å². The maximum absolute atomic E-state index is 11.2. The topological polar surface area (TPSA) is 69.6 Å². The maximum Gasteiger partial charge on any atom is 0.337 e. The first-order valence-electron chi connectivity index (χ1n) is 6.77. The molecule has 0 saturated heterocycles. The number of carbonyl (C=O) groups is 1. The zero-order valence-electron chi connectivity index (χ0n) is 11.6. The van der Waals surface area contributed by atoms with Crippen LogP contribution in [0.5, 0.6) is 0 Å². The van der Waals surface area contributed by atoms with Gasteiger partial charge in [0.15, 0.2) is 0 Å². The van der Waals surface area contributed by atoms with Gasteiger partial charge in [-0.25, -0.2) is 4.79 Å². The summed E-state index contributed by atoms with van der Waals surface area (Å²) in [7, 11) is 0. The lowest BCUT2D eigenvalue weighted by atomic mass is 10.00. The van der Waals surface area contributed by atoms with Crippen LogP contribution in [0.3, 0.4) is 0 Å². The van der Waals surface area contributed by atoms with Gasteiger partial charge in [0, 0.05) is 18.8 Å². The summed E-state index contributed by atoms with van der Waals surface area (Å²) in [5.41, 5.74) is 1.89. The molecule has 1 rings (SSSR count). The smallest absolute Gasteiger partial charge is 0.337 e. The molecule has 3 N–H and O–H groups in total. The summed E-state index contributed by atoms with van der Waals surface area (Å²) in [5.74, 6) is -0.543. The lowest BCUT2D eigenvalue weighted by molar-refractivity contribution is 0.0697. The molecule has 1 aromatic carbocycles. The van der Waals surface area contributed by atoms with Crippen LogP contribution >= 0.6 is 0 Å². The van der Waals surface area contributed by atoms with Gasteiger partial charge < -0.3 is 15.5 Å². The third-order valence-electron chi connectivity index (χ3n) is 3.22. The number of carboxylic acid groups (broad SMARTS) is 1. The van der Waals surface area contributed by atoms with Crippen molar-refractivity contribution in [2.75, 3.05) is 18.5 Å². The number of benzene rings is 1. The maximum atomic E-state index is 11.2. The molecule has 0 fully saturated rings. The molecule has 0 spiro atoms. The normalized spacial score (nSPS) is 12.2. The van der Waals surface area contributed by atoms with Crippen LogP contribution in [0, 0.1) is 12.8 Å². The summed E-state index contributed by atoms with van der Waals surface area (Å²) in [6.45, 7) is 4.85. The van der Waals surface area contributed by atoms with Gasteiger partial charge in [-0.1, -0.05) is 25.0 Å². The SMILES string of the molecule is CCCC(CCO)CNc1ccc(C)cc1C(=O)O. The van der Waals surface area contributed by atoms with Crippen molar-refractivity contribution in [3.8, 4) is 0 Å². The largest absolute Gasteiger partial charge is 0.478 e. The Kier molecular flexibility index (Phi) is 6.36. The fraction of sp³-hybridized carbons (Fsp3) is 0.533. The second kappa shape index (κ2) is 7.79. The van der Waals surface area contributed by atoms with Crippen molar-refractivity contribution in [1.82, 2.24) is 0 Å². The van der Waals surface area contributed by atoms with Crippen molar-refractivity contribution < 1.29 is 15.0 Å². The van der Waals surface area contributed by atoms with Crippen LogP contribution in [-0.2, 0) is 0 Å². The lowest BCUT2D eigenvalue weighted by Gasteiger charge is -2.17. The number of hydrogen-bond donors (Lipinski definition) is 3. The van der Waals surface area contributed by atoms with Gasteiger partial charge in [0.05, 0.1) is 5.56 Å². The summed E-state index contributed by atoms with van der Waals surface area (Å²) in [6.07, 6.45) is 2.84. The van der Waals surface area contributed by atoms with Crippen LogP contribution in [0.2, 0.25) is 0 Å². The fourth-order valence-corrected chi connectivity index (χ4v) is 2.18. The first kappa shape index (κ1) is 15.5. The number of carboxylic acids is 1. The molecule has 0 aliphatic heterocycles. The Morgan fingerprint density at radius 3 is 2.68 bits per heavy atom. The zero-order chi connectivity index (χ0) is 14.3. The summed E-state index contributed by atoms with van der Waals surface area (Å²) in [6, 6.07) is 5.38. The third-order valence-corrected chi connectivity index (χ3v) is 3.22. The molecule has 0 aromatic heterocycles. The molecule has 19 heavy (non-hydrogen) atoms. The van der Waals surface area contributed by atoms with Crippen LogP contribution in [-0.4, -0.2) is 29.3 Å². The fourth-order valence-electron chi connectivity index (χ4n) is 2.18. The number of aliphatic hydroxyl groups is 1. The van der Waals surface area contributed by atoms with E-state index in [1.54, 1.807) is 12.1 Å². The second-order valence-electron chi connectivity index (χ2n) is 4.90. The van der Waals surface area contributed by atoms with E-state index >= 15 is 0 Å². The average Bonchev–Trinajstić information content (AvgIpc) is 2.37. The minimum absolute atomic E-state index is 0.173. The van der Waals surface area contributed by atoms with E-state index in [1.165, 1.54) is 0 Å². The van der Waals surface area contributed by atoms with E-state index in [1.807, 2.05) is 13.0 Å². The molecule has 1 aromatic rings. The van der Waals surface area contributed by atoms with Crippen LogP contribution in [0.15, 0.2) is 18.2 Å². The highest BCUT2D eigenvalue weighted by Gasteiger charge is 2.12. The third kappa shape index (κ3) is 4.91. The number of aromatic carboxylic acids is 1. The molecule has 4 nitrogen and oxygen atoms in total. The summed E-state index contributed by atoms with van der Waals surface area (Å²) >= 11 is 0. The quantitative estimate of drug-likeness (QED) is 0.676. The molecular formula is C15H23NO3. The molecule has 0 radical (unpaired) electrons. The molecule has 0 aliphatic carbocycles. The highest BCUT2D eigenvalue weighted by molar-refractivity contribution is 5.94. The van der Waals surface area contributed by atoms with Gasteiger partial charge in [0.25, 0.3) is 0 Å². The Hall–Kier alpha value is -1.55. The first-order chi connectivity index (χ1) is 9.08. The van der Waals surface area contributed by atoms with Gasteiger partial charge in [-0.3, -0.25) is 0 Å². The van der Waals surface area contributed by atoms with Gasteiger partial charge in [-0.05, 0) is 37.8 Å². The predicted molar refractivity (Wildman–Crippen MR) is 76.7 cm³/mol. The minimum Gasteiger partial charge on any atom is -0.478 e. The summed E-state index contributed by atoms with van der Waals surface area (Å²) in [5, 5.41) is 21.4. The van der Waals surface area contributed by atoms with E-state index < -0.39 is 5.97 Å². The standard InChI is InChI=1S/C15H23NO3/c1-3-4-12(7-8-17)10-16-14-6-5-11(2)9-13(14)15(18)19/h5-6,9,12,16-17H,3-4,7-8,10H2,1-2H3,(H,18,19). The molecule has 1 unspecified atom stereocenters. The molecule has 0 amide bonds. The molecule has 106 valence electrons. The first-order valence-corrected chi connectivity index (χ1v) is 6.77. The highest BCUT2D eigenvalue weighted by atomic mass is 16.4. The molecule has 0 heterocycles. The van der Waals surface area contributed by atoms with Gasteiger partial charge in [0.2, 0.25) is 0 Å². The molecule has 0 saturated carbocycles. The minimum atomic E-state index is -0.916. The zero-order valence-corrected chi connectivity index (χ0v) is 11.6. The van der Waals surface area contributed by atoms with Crippen LogP contribution in [0.1, 0.15) is 42.1 Å². The van der Waals surface area contributed by atoms with E-state index in [4.69, 9.17) is 5.11 Å². The van der Waals surface area contributed by atoms with E-state index in [-0.39, 0.29) is 6.61 Å². The van der Waals surface area contributed by atoms with E-state index in [0.29, 0.717) is 23.7 Å². The molecular weight excluding hydrogens is 242 g/mol. The molecule has 0 bridgehead atoms. The molecule has 4 heteroatoms. The van der Waals surface area contributed by atoms with Crippen molar-refractivity contribution in [3.05, 3.63) is 29.3 Å². The Bertz CT molecular complexity index is 412. The number of hydrogen-bond acceptors (Lipinski definition) is 3. The Morgan fingerprint density at radius 2 is 2.11 bits per heavy atom. The Morgan fingerprint density at radius 1 is 1.37 bits per heavy atom. The summed E-state index contributed by atoms with van der Waals surface area (Å²) in [4.78, 5) is 11.2. The van der Waals surface area contributed by atoms with Gasteiger partial charge in [-0.15, -0.1) is 0 Å². The number of anilines is 1. The van der Waals surface area contributed by atoms with Crippen molar-refractivity contribution in [2.24, 2.45) is 5.92 Å². The number of aryl methyl sites for hydroxylation is 1. The number of nitrogens with one attached hydrogen (secondary N) is 1. The van der Waals surface area contributed by atoms with Crippen LogP contribution in [0.25, 0.3) is 0 Å². The van der Waals surface area contributed by atoms with Gasteiger partial charge in [-0.2, -0.15) is 0 Å². The van der Waals surface area contributed by atoms with E-state index in [9.17, 15) is 9.90 Å². The van der Waals surface area contributed by atoms with E-state index in [0.717, 1.165) is 24.8 Å². The Labute approximate surface area is 114 Å². The van der Waals surface area contributed by atoms with Crippen molar-refractivity contribution in [1.29, 1.82) is 0 Å². The van der Waals surface area contributed by atoms with Gasteiger partial charge in [0.1, 0.15) is 0 Å². The lowest BCUT2D eigenvalue weighted by Crippen LogP contribution is -2.17. The molecule has 0 aliphatic rings. The van der Waals surface area contributed by atoms with Crippen LogP contribution < -0.4 is 5.32 Å². The monoisotopic (exact) mass is 265 g/mol. The average molecular weight is 265 g/mol. The number of aliphatic hydroxyl groups excluding tert-OH is 1.